The minimum absolute atomic E-state index is 0.0792. The number of amides is 2. The predicted molar refractivity (Wildman–Crippen MR) is 105 cm³/mol. The average Bonchev–Trinajstić information content (AvgIpc) is 3.16. The van der Waals surface area contributed by atoms with Gasteiger partial charge in [0.1, 0.15) is 11.8 Å². The van der Waals surface area contributed by atoms with Crippen LogP contribution in [-0.2, 0) is 4.79 Å². The second kappa shape index (κ2) is 9.01. The van der Waals surface area contributed by atoms with E-state index in [9.17, 15) is 9.59 Å². The van der Waals surface area contributed by atoms with E-state index in [0.29, 0.717) is 22.8 Å². The number of carbonyl (C=O) groups excluding carboxylic acids is 2. The van der Waals surface area contributed by atoms with Gasteiger partial charge in [0.25, 0.3) is 11.1 Å². The number of aromatic nitrogens is 1. The highest BCUT2D eigenvalue weighted by Crippen LogP contribution is 2.30. The van der Waals surface area contributed by atoms with Crippen molar-refractivity contribution in [1.29, 1.82) is 0 Å². The molecule has 1 saturated heterocycles. The standard InChI is InChI=1S/C19H30N4O3S/c1-13(2)22-8-10-23(11-9-22)18(25)14-4-6-15(7-5-14)26-19-21-16(12-27-19)17(24)20-3/h12-15H,4-11H2,1-3H3,(H,20,24)/t14-,15-. The number of nitrogens with zero attached hydrogens (tertiary/aromatic N) is 3. The fraction of sp³-hybridized carbons (Fsp3) is 0.737. The van der Waals surface area contributed by atoms with Gasteiger partial charge in [-0.2, -0.15) is 4.98 Å². The zero-order chi connectivity index (χ0) is 19.4. The Balaban J connectivity index is 1.44. The highest BCUT2D eigenvalue weighted by Gasteiger charge is 2.32. The molecule has 2 aliphatic rings. The zero-order valence-electron chi connectivity index (χ0n) is 16.4. The monoisotopic (exact) mass is 394 g/mol. The fourth-order valence-corrected chi connectivity index (χ4v) is 4.55. The molecular formula is C19H30N4O3S. The summed E-state index contributed by atoms with van der Waals surface area (Å²) in [5, 5.41) is 4.80. The maximum atomic E-state index is 12.8. The van der Waals surface area contributed by atoms with Gasteiger partial charge in [-0.3, -0.25) is 14.5 Å². The molecule has 27 heavy (non-hydrogen) atoms. The average molecular weight is 395 g/mol. The Bertz CT molecular complexity index is 647. The summed E-state index contributed by atoms with van der Waals surface area (Å²) in [5.74, 6) is 0.231. The van der Waals surface area contributed by atoms with Gasteiger partial charge in [0.15, 0.2) is 0 Å². The van der Waals surface area contributed by atoms with E-state index in [1.54, 1.807) is 12.4 Å². The molecular weight excluding hydrogens is 364 g/mol. The van der Waals surface area contributed by atoms with E-state index in [2.05, 4.69) is 29.0 Å². The van der Waals surface area contributed by atoms with Crippen molar-refractivity contribution in [3.8, 4) is 5.19 Å². The fourth-order valence-electron chi connectivity index (χ4n) is 3.83. The van der Waals surface area contributed by atoms with Gasteiger partial charge in [0.05, 0.1) is 0 Å². The minimum Gasteiger partial charge on any atom is -0.467 e. The van der Waals surface area contributed by atoms with E-state index in [4.69, 9.17) is 4.74 Å². The van der Waals surface area contributed by atoms with Crippen molar-refractivity contribution in [2.75, 3.05) is 33.2 Å². The number of carbonyl (C=O) groups is 2. The van der Waals surface area contributed by atoms with E-state index < -0.39 is 0 Å². The summed E-state index contributed by atoms with van der Waals surface area (Å²) in [5.41, 5.74) is 0.391. The first-order valence-electron chi connectivity index (χ1n) is 9.85. The molecule has 8 heteroatoms. The molecule has 1 saturated carbocycles. The number of rotatable bonds is 5. The van der Waals surface area contributed by atoms with Crippen LogP contribution in [0, 0.1) is 5.92 Å². The van der Waals surface area contributed by atoms with Crippen molar-refractivity contribution in [2.24, 2.45) is 5.92 Å². The lowest BCUT2D eigenvalue weighted by molar-refractivity contribution is -0.139. The minimum atomic E-state index is -0.201. The lowest BCUT2D eigenvalue weighted by Gasteiger charge is -2.39. The molecule has 1 aliphatic carbocycles. The number of thiazole rings is 1. The number of hydrogen-bond acceptors (Lipinski definition) is 6. The van der Waals surface area contributed by atoms with Gasteiger partial charge in [0.2, 0.25) is 5.91 Å². The van der Waals surface area contributed by atoms with Crippen molar-refractivity contribution < 1.29 is 14.3 Å². The van der Waals surface area contributed by atoms with Crippen molar-refractivity contribution >= 4 is 23.2 Å². The topological polar surface area (TPSA) is 74.8 Å². The Kier molecular flexibility index (Phi) is 6.70. The van der Waals surface area contributed by atoms with Gasteiger partial charge in [-0.25, -0.2) is 0 Å². The maximum absolute atomic E-state index is 12.8. The second-order valence-electron chi connectivity index (χ2n) is 7.62. The number of hydrogen-bond donors (Lipinski definition) is 1. The van der Waals surface area contributed by atoms with Gasteiger partial charge in [0, 0.05) is 50.6 Å². The van der Waals surface area contributed by atoms with Crippen molar-refractivity contribution in [3.63, 3.8) is 0 Å². The summed E-state index contributed by atoms with van der Waals surface area (Å²) in [7, 11) is 1.59. The Morgan fingerprint density at radius 3 is 2.44 bits per heavy atom. The van der Waals surface area contributed by atoms with E-state index in [-0.39, 0.29) is 17.9 Å². The summed E-state index contributed by atoms with van der Waals surface area (Å²) in [6, 6.07) is 0.546. The molecule has 2 fully saturated rings. The van der Waals surface area contributed by atoms with Crippen LogP contribution in [0.3, 0.4) is 0 Å². The third-order valence-corrected chi connectivity index (χ3v) is 6.32. The number of nitrogens with one attached hydrogen (secondary N) is 1. The summed E-state index contributed by atoms with van der Waals surface area (Å²) in [4.78, 5) is 33.1. The SMILES string of the molecule is CNC(=O)c1csc(O[C@H]2CC[C@H](C(=O)N3CCN(C(C)C)CC3)CC2)n1. The Morgan fingerprint density at radius 2 is 1.85 bits per heavy atom. The first-order valence-corrected chi connectivity index (χ1v) is 10.7. The molecule has 0 unspecified atom stereocenters. The van der Waals surface area contributed by atoms with Crippen LogP contribution < -0.4 is 10.1 Å². The Labute approximate surface area is 165 Å². The van der Waals surface area contributed by atoms with Crippen LogP contribution >= 0.6 is 11.3 Å². The molecule has 1 aromatic heterocycles. The molecule has 7 nitrogen and oxygen atoms in total. The third-order valence-electron chi connectivity index (χ3n) is 5.59. The van der Waals surface area contributed by atoms with E-state index in [1.807, 2.05) is 4.90 Å². The molecule has 2 heterocycles. The summed E-state index contributed by atoms with van der Waals surface area (Å²) < 4.78 is 5.94. The molecule has 0 atom stereocenters. The molecule has 1 aliphatic heterocycles. The van der Waals surface area contributed by atoms with Crippen molar-refractivity contribution in [1.82, 2.24) is 20.1 Å². The summed E-state index contributed by atoms with van der Waals surface area (Å²) >= 11 is 1.35. The highest BCUT2D eigenvalue weighted by atomic mass is 32.1. The van der Waals surface area contributed by atoms with Crippen LogP contribution in [0.1, 0.15) is 50.0 Å². The van der Waals surface area contributed by atoms with Crippen LogP contribution in [0.4, 0.5) is 0 Å². The Hall–Kier alpha value is -1.67. The summed E-state index contributed by atoms with van der Waals surface area (Å²) in [6.07, 6.45) is 3.52. The highest BCUT2D eigenvalue weighted by molar-refractivity contribution is 7.11. The summed E-state index contributed by atoms with van der Waals surface area (Å²) in [6.45, 7) is 8.04. The molecule has 1 aromatic rings. The molecule has 0 radical (unpaired) electrons. The quantitative estimate of drug-likeness (QED) is 0.827. The van der Waals surface area contributed by atoms with Gasteiger partial charge in [-0.05, 0) is 39.5 Å². The first kappa shape index (κ1) is 20.1. The first-order chi connectivity index (χ1) is 13.0. The smallest absolute Gasteiger partial charge is 0.274 e. The lowest BCUT2D eigenvalue weighted by atomic mass is 9.86. The molecule has 2 amide bonds. The van der Waals surface area contributed by atoms with E-state index >= 15 is 0 Å². The number of ether oxygens (including phenoxy) is 1. The van der Waals surface area contributed by atoms with Crippen LogP contribution in [0.25, 0.3) is 0 Å². The largest absolute Gasteiger partial charge is 0.467 e. The van der Waals surface area contributed by atoms with Crippen LogP contribution in [0.2, 0.25) is 0 Å². The van der Waals surface area contributed by atoms with Gasteiger partial charge >= 0.3 is 0 Å². The zero-order valence-corrected chi connectivity index (χ0v) is 17.3. The molecule has 1 N–H and O–H groups in total. The third kappa shape index (κ3) is 4.99. The molecule has 150 valence electrons. The molecule has 0 spiro atoms. The molecule has 3 rings (SSSR count). The van der Waals surface area contributed by atoms with E-state index in [0.717, 1.165) is 51.9 Å². The normalized spacial score (nSPS) is 24.1. The number of piperazine rings is 1. The van der Waals surface area contributed by atoms with Gasteiger partial charge in [-0.1, -0.05) is 11.3 Å². The molecule has 0 aromatic carbocycles. The lowest BCUT2D eigenvalue weighted by Crippen LogP contribution is -2.52. The molecule has 0 bridgehead atoms. The van der Waals surface area contributed by atoms with E-state index in [1.165, 1.54) is 11.3 Å². The van der Waals surface area contributed by atoms with Crippen molar-refractivity contribution in [3.05, 3.63) is 11.1 Å². The maximum Gasteiger partial charge on any atom is 0.274 e. The van der Waals surface area contributed by atoms with Crippen LogP contribution in [-0.4, -0.2) is 72.0 Å². The van der Waals surface area contributed by atoms with Crippen molar-refractivity contribution in [2.45, 2.75) is 51.7 Å². The van der Waals surface area contributed by atoms with Gasteiger partial charge in [-0.15, -0.1) is 0 Å². The van der Waals surface area contributed by atoms with Gasteiger partial charge < -0.3 is 15.0 Å². The Morgan fingerprint density at radius 1 is 1.19 bits per heavy atom. The van der Waals surface area contributed by atoms with Crippen LogP contribution in [0.5, 0.6) is 5.19 Å². The second-order valence-corrected chi connectivity index (χ2v) is 8.44. The predicted octanol–water partition coefficient (Wildman–Crippen LogP) is 1.99. The van der Waals surface area contributed by atoms with Crippen LogP contribution in [0.15, 0.2) is 5.38 Å².